The Morgan fingerprint density at radius 1 is 1.40 bits per heavy atom. The number of hydrogen-bond acceptors (Lipinski definition) is 4. The monoisotopic (exact) mass is 211 g/mol. The third-order valence-corrected chi connectivity index (χ3v) is 1.96. The summed E-state index contributed by atoms with van der Waals surface area (Å²) in [6.45, 7) is 0. The molecule has 0 aliphatic carbocycles. The van der Waals surface area contributed by atoms with Crippen LogP contribution in [-0.2, 0) is 0 Å². The number of nitriles is 1. The molecule has 1 rings (SSSR count). The molecule has 1 aromatic carbocycles. The standard InChI is InChI=1S/C10H10FNO3/c11-8-2-1-6(13)5-7(8)10(15)9(14)3-4-12/h1-2,5,9-10,13-15H,3H2. The van der Waals surface area contributed by atoms with Crippen LogP contribution in [0.5, 0.6) is 5.75 Å². The second-order valence-corrected chi connectivity index (χ2v) is 3.08. The maximum Gasteiger partial charge on any atom is 0.129 e. The molecule has 1 aromatic rings. The van der Waals surface area contributed by atoms with Gasteiger partial charge in [-0.3, -0.25) is 0 Å². The van der Waals surface area contributed by atoms with E-state index in [2.05, 4.69) is 0 Å². The molecule has 2 unspecified atom stereocenters. The molecule has 0 saturated heterocycles. The minimum Gasteiger partial charge on any atom is -0.508 e. The summed E-state index contributed by atoms with van der Waals surface area (Å²) < 4.78 is 13.2. The number of aliphatic hydroxyl groups is 2. The molecule has 0 aliphatic heterocycles. The van der Waals surface area contributed by atoms with Crippen LogP contribution in [0.4, 0.5) is 4.39 Å². The summed E-state index contributed by atoms with van der Waals surface area (Å²) in [7, 11) is 0. The van der Waals surface area contributed by atoms with Gasteiger partial charge in [-0.1, -0.05) is 0 Å². The molecule has 15 heavy (non-hydrogen) atoms. The highest BCUT2D eigenvalue weighted by atomic mass is 19.1. The number of hydrogen-bond donors (Lipinski definition) is 3. The summed E-state index contributed by atoms with van der Waals surface area (Å²) in [5.74, 6) is -0.952. The van der Waals surface area contributed by atoms with E-state index in [0.717, 1.165) is 18.2 Å². The SMILES string of the molecule is N#CCC(O)C(O)c1cc(O)ccc1F. The number of halogens is 1. The zero-order valence-corrected chi connectivity index (χ0v) is 7.76. The molecule has 4 nitrogen and oxygen atoms in total. The topological polar surface area (TPSA) is 84.5 Å². The van der Waals surface area contributed by atoms with Gasteiger partial charge in [0.25, 0.3) is 0 Å². The Bertz CT molecular complexity index is 389. The fourth-order valence-electron chi connectivity index (χ4n) is 1.17. The summed E-state index contributed by atoms with van der Waals surface area (Å²) >= 11 is 0. The number of aliphatic hydroxyl groups excluding tert-OH is 2. The molecule has 0 bridgehead atoms. The van der Waals surface area contributed by atoms with Crippen molar-refractivity contribution in [2.75, 3.05) is 0 Å². The molecule has 0 amide bonds. The minimum atomic E-state index is -1.52. The van der Waals surface area contributed by atoms with Crippen molar-refractivity contribution in [3.8, 4) is 11.8 Å². The molecule has 2 atom stereocenters. The predicted molar refractivity (Wildman–Crippen MR) is 49.3 cm³/mol. The zero-order chi connectivity index (χ0) is 11.4. The summed E-state index contributed by atoms with van der Waals surface area (Å²) in [4.78, 5) is 0. The molecule has 80 valence electrons. The first-order valence-corrected chi connectivity index (χ1v) is 4.27. The Kier molecular flexibility index (Phi) is 3.61. The largest absolute Gasteiger partial charge is 0.508 e. The Balaban J connectivity index is 2.95. The number of phenolic OH excluding ortho intramolecular Hbond substituents is 1. The van der Waals surface area contributed by atoms with E-state index in [4.69, 9.17) is 10.4 Å². The molecule has 5 heteroatoms. The van der Waals surface area contributed by atoms with Gasteiger partial charge in [0.05, 0.1) is 18.6 Å². The van der Waals surface area contributed by atoms with Crippen molar-refractivity contribution in [2.24, 2.45) is 0 Å². The van der Waals surface area contributed by atoms with E-state index in [1.165, 1.54) is 0 Å². The van der Waals surface area contributed by atoms with E-state index in [9.17, 15) is 14.6 Å². The van der Waals surface area contributed by atoms with Crippen LogP contribution in [0, 0.1) is 17.1 Å². The molecular weight excluding hydrogens is 201 g/mol. The van der Waals surface area contributed by atoms with Gasteiger partial charge in [0.1, 0.15) is 17.7 Å². The lowest BCUT2D eigenvalue weighted by molar-refractivity contribution is 0.0194. The van der Waals surface area contributed by atoms with Crippen molar-refractivity contribution < 1.29 is 19.7 Å². The lowest BCUT2D eigenvalue weighted by Crippen LogP contribution is -2.18. The van der Waals surface area contributed by atoms with E-state index in [1.54, 1.807) is 6.07 Å². The van der Waals surface area contributed by atoms with Crippen molar-refractivity contribution in [3.05, 3.63) is 29.6 Å². The van der Waals surface area contributed by atoms with Gasteiger partial charge in [-0.15, -0.1) is 0 Å². The van der Waals surface area contributed by atoms with Crippen molar-refractivity contribution in [1.82, 2.24) is 0 Å². The number of rotatable bonds is 3. The third-order valence-electron chi connectivity index (χ3n) is 1.96. The maximum absolute atomic E-state index is 13.2. The van der Waals surface area contributed by atoms with Gasteiger partial charge in [0, 0.05) is 5.56 Å². The van der Waals surface area contributed by atoms with Crippen LogP contribution >= 0.6 is 0 Å². The van der Waals surface area contributed by atoms with Gasteiger partial charge in [-0.25, -0.2) is 4.39 Å². The van der Waals surface area contributed by atoms with E-state index in [-0.39, 0.29) is 17.7 Å². The molecule has 0 aliphatic rings. The molecule has 0 spiro atoms. The first-order valence-electron chi connectivity index (χ1n) is 4.27. The van der Waals surface area contributed by atoms with Crippen LogP contribution in [-0.4, -0.2) is 21.4 Å². The van der Waals surface area contributed by atoms with Gasteiger partial charge in [-0.05, 0) is 18.2 Å². The number of nitrogens with zero attached hydrogens (tertiary/aromatic N) is 1. The van der Waals surface area contributed by atoms with Crippen molar-refractivity contribution in [1.29, 1.82) is 5.26 Å². The van der Waals surface area contributed by atoms with E-state index < -0.39 is 18.0 Å². The van der Waals surface area contributed by atoms with Gasteiger partial charge in [0.15, 0.2) is 0 Å². The number of benzene rings is 1. The molecule has 0 radical (unpaired) electrons. The molecular formula is C10H10FNO3. The van der Waals surface area contributed by atoms with Crippen LogP contribution in [0.3, 0.4) is 0 Å². The zero-order valence-electron chi connectivity index (χ0n) is 7.76. The van der Waals surface area contributed by atoms with Crippen molar-refractivity contribution in [3.63, 3.8) is 0 Å². The van der Waals surface area contributed by atoms with Gasteiger partial charge in [-0.2, -0.15) is 5.26 Å². The summed E-state index contributed by atoms with van der Waals surface area (Å²) in [5, 5.41) is 36.1. The van der Waals surface area contributed by atoms with E-state index in [0.29, 0.717) is 0 Å². The van der Waals surface area contributed by atoms with Crippen LogP contribution < -0.4 is 0 Å². The highest BCUT2D eigenvalue weighted by molar-refractivity contribution is 5.30. The molecule has 0 fully saturated rings. The molecule has 0 aromatic heterocycles. The Morgan fingerprint density at radius 3 is 2.67 bits per heavy atom. The highest BCUT2D eigenvalue weighted by Crippen LogP contribution is 2.25. The highest BCUT2D eigenvalue weighted by Gasteiger charge is 2.21. The van der Waals surface area contributed by atoms with Crippen LogP contribution in [0.2, 0.25) is 0 Å². The first kappa shape index (κ1) is 11.4. The summed E-state index contributed by atoms with van der Waals surface area (Å²) in [5.41, 5.74) is -0.224. The van der Waals surface area contributed by atoms with Gasteiger partial charge in [0.2, 0.25) is 0 Å². The average molecular weight is 211 g/mol. The maximum atomic E-state index is 13.2. The predicted octanol–water partition coefficient (Wildman–Crippen LogP) is 0.839. The van der Waals surface area contributed by atoms with E-state index >= 15 is 0 Å². The Morgan fingerprint density at radius 2 is 2.07 bits per heavy atom. The second kappa shape index (κ2) is 4.73. The molecule has 0 saturated carbocycles. The lowest BCUT2D eigenvalue weighted by atomic mass is 10.0. The fraction of sp³-hybridized carbons (Fsp3) is 0.300. The van der Waals surface area contributed by atoms with Gasteiger partial charge >= 0.3 is 0 Å². The third kappa shape index (κ3) is 2.65. The Hall–Kier alpha value is -1.64. The first-order chi connectivity index (χ1) is 7.06. The Labute approximate surface area is 85.8 Å². The van der Waals surface area contributed by atoms with Crippen molar-refractivity contribution in [2.45, 2.75) is 18.6 Å². The van der Waals surface area contributed by atoms with Crippen molar-refractivity contribution >= 4 is 0 Å². The van der Waals surface area contributed by atoms with Crippen LogP contribution in [0.15, 0.2) is 18.2 Å². The normalized spacial score (nSPS) is 14.3. The number of phenols is 1. The fourth-order valence-corrected chi connectivity index (χ4v) is 1.17. The second-order valence-electron chi connectivity index (χ2n) is 3.08. The minimum absolute atomic E-state index is 0.213. The van der Waals surface area contributed by atoms with E-state index in [1.807, 2.05) is 0 Å². The molecule has 0 heterocycles. The molecule has 3 N–H and O–H groups in total. The lowest BCUT2D eigenvalue weighted by Gasteiger charge is -2.16. The quantitative estimate of drug-likeness (QED) is 0.691. The summed E-state index contributed by atoms with van der Waals surface area (Å²) in [6, 6.07) is 4.78. The summed E-state index contributed by atoms with van der Waals surface area (Å²) in [6.07, 6.45) is -3.20. The average Bonchev–Trinajstić information content (AvgIpc) is 2.21. The van der Waals surface area contributed by atoms with Gasteiger partial charge < -0.3 is 15.3 Å². The van der Waals surface area contributed by atoms with Crippen LogP contribution in [0.25, 0.3) is 0 Å². The number of aromatic hydroxyl groups is 1. The van der Waals surface area contributed by atoms with Crippen LogP contribution in [0.1, 0.15) is 18.1 Å². The smallest absolute Gasteiger partial charge is 0.129 e.